The van der Waals surface area contributed by atoms with E-state index < -0.39 is 10.9 Å². The predicted molar refractivity (Wildman–Crippen MR) is 68.1 cm³/mol. The number of anilines is 1. The summed E-state index contributed by atoms with van der Waals surface area (Å²) in [6, 6.07) is 4.26. The van der Waals surface area contributed by atoms with Gasteiger partial charge in [-0.3, -0.25) is 10.1 Å². The molecule has 0 saturated heterocycles. The maximum atomic E-state index is 10.9. The third-order valence-electron chi connectivity index (χ3n) is 2.54. The van der Waals surface area contributed by atoms with Crippen molar-refractivity contribution in [2.45, 2.75) is 26.2 Å². The number of rotatable bonds is 7. The molecule has 1 aromatic rings. The number of unbranched alkanes of at least 4 members (excludes halogenated alkanes) is 2. The van der Waals surface area contributed by atoms with Crippen LogP contribution in [0.4, 0.5) is 11.4 Å². The Hall–Kier alpha value is -2.11. The first-order chi connectivity index (χ1) is 8.57. The second-order valence-corrected chi connectivity index (χ2v) is 3.90. The topological polar surface area (TPSA) is 92.5 Å². The minimum Gasteiger partial charge on any atom is -0.477 e. The molecule has 18 heavy (non-hydrogen) atoms. The highest BCUT2D eigenvalue weighted by Gasteiger charge is 2.23. The lowest BCUT2D eigenvalue weighted by Gasteiger charge is -2.08. The molecule has 0 bridgehead atoms. The van der Waals surface area contributed by atoms with E-state index in [2.05, 4.69) is 12.2 Å². The number of nitro groups is 1. The monoisotopic (exact) mass is 252 g/mol. The van der Waals surface area contributed by atoms with Gasteiger partial charge in [-0.15, -0.1) is 0 Å². The molecule has 0 saturated carbocycles. The largest absolute Gasteiger partial charge is 0.477 e. The van der Waals surface area contributed by atoms with Crippen molar-refractivity contribution >= 4 is 17.3 Å². The molecule has 0 atom stereocenters. The van der Waals surface area contributed by atoms with Crippen LogP contribution in [0.3, 0.4) is 0 Å². The van der Waals surface area contributed by atoms with Crippen molar-refractivity contribution in [1.82, 2.24) is 0 Å². The van der Waals surface area contributed by atoms with E-state index in [4.69, 9.17) is 5.11 Å². The van der Waals surface area contributed by atoms with Gasteiger partial charge in [0, 0.05) is 6.54 Å². The van der Waals surface area contributed by atoms with Gasteiger partial charge in [-0.25, -0.2) is 4.79 Å². The first-order valence-electron chi connectivity index (χ1n) is 5.82. The Morgan fingerprint density at radius 3 is 2.72 bits per heavy atom. The third kappa shape index (κ3) is 3.44. The predicted octanol–water partition coefficient (Wildman–Crippen LogP) is 2.90. The van der Waals surface area contributed by atoms with Crippen molar-refractivity contribution < 1.29 is 14.8 Å². The van der Waals surface area contributed by atoms with E-state index in [1.807, 2.05) is 0 Å². The molecule has 1 aromatic carbocycles. The van der Waals surface area contributed by atoms with Crippen LogP contribution >= 0.6 is 0 Å². The highest BCUT2D eigenvalue weighted by atomic mass is 16.6. The maximum absolute atomic E-state index is 10.9. The van der Waals surface area contributed by atoms with Gasteiger partial charge in [0.15, 0.2) is 0 Å². The van der Waals surface area contributed by atoms with Crippen molar-refractivity contribution in [2.24, 2.45) is 0 Å². The van der Waals surface area contributed by atoms with Gasteiger partial charge < -0.3 is 10.4 Å². The number of hydrogen-bond donors (Lipinski definition) is 2. The van der Waals surface area contributed by atoms with Gasteiger partial charge in [-0.2, -0.15) is 0 Å². The fourth-order valence-electron chi connectivity index (χ4n) is 1.65. The number of hydrogen-bond acceptors (Lipinski definition) is 4. The van der Waals surface area contributed by atoms with E-state index in [9.17, 15) is 14.9 Å². The van der Waals surface area contributed by atoms with Gasteiger partial charge in [0.25, 0.3) is 0 Å². The quantitative estimate of drug-likeness (QED) is 0.442. The van der Waals surface area contributed by atoms with Gasteiger partial charge in [0.1, 0.15) is 11.3 Å². The van der Waals surface area contributed by atoms with Crippen LogP contribution in [0.25, 0.3) is 0 Å². The summed E-state index contributed by atoms with van der Waals surface area (Å²) in [5.41, 5.74) is -0.405. The molecule has 6 nitrogen and oxygen atoms in total. The number of carbonyl (C=O) groups is 1. The van der Waals surface area contributed by atoms with E-state index in [1.54, 1.807) is 0 Å². The van der Waals surface area contributed by atoms with Crippen LogP contribution in [0.5, 0.6) is 0 Å². The number of nitro benzene ring substituents is 1. The number of para-hydroxylation sites is 1. The molecule has 0 radical (unpaired) electrons. The molecule has 0 aromatic heterocycles. The van der Waals surface area contributed by atoms with Crippen molar-refractivity contribution in [2.75, 3.05) is 11.9 Å². The SMILES string of the molecule is CCCCCNc1cccc(C(=O)O)c1[N+](=O)[O-]. The van der Waals surface area contributed by atoms with Crippen LogP contribution in [0, 0.1) is 10.1 Å². The van der Waals surface area contributed by atoms with E-state index >= 15 is 0 Å². The second-order valence-electron chi connectivity index (χ2n) is 3.90. The van der Waals surface area contributed by atoms with Crippen LogP contribution < -0.4 is 5.32 Å². The fourth-order valence-corrected chi connectivity index (χ4v) is 1.65. The molecule has 1 rings (SSSR count). The van der Waals surface area contributed by atoms with Gasteiger partial charge in [-0.05, 0) is 18.6 Å². The summed E-state index contributed by atoms with van der Waals surface area (Å²) in [4.78, 5) is 21.2. The number of carboxylic acid groups (broad SMARTS) is 1. The van der Waals surface area contributed by atoms with Gasteiger partial charge in [0.2, 0.25) is 0 Å². The molecule has 0 amide bonds. The average Bonchev–Trinajstić information content (AvgIpc) is 2.33. The zero-order chi connectivity index (χ0) is 13.5. The smallest absolute Gasteiger partial charge is 0.342 e. The van der Waals surface area contributed by atoms with Crippen LogP contribution in [0.1, 0.15) is 36.5 Å². The lowest BCUT2D eigenvalue weighted by Crippen LogP contribution is -2.08. The van der Waals surface area contributed by atoms with Crippen LogP contribution in [-0.4, -0.2) is 22.5 Å². The maximum Gasteiger partial charge on any atom is 0.342 e. The summed E-state index contributed by atoms with van der Waals surface area (Å²) in [6.45, 7) is 2.66. The second kappa shape index (κ2) is 6.58. The van der Waals surface area contributed by atoms with E-state index in [-0.39, 0.29) is 16.9 Å². The van der Waals surface area contributed by atoms with Crippen LogP contribution in [0.2, 0.25) is 0 Å². The van der Waals surface area contributed by atoms with Crippen molar-refractivity contribution in [1.29, 1.82) is 0 Å². The van der Waals surface area contributed by atoms with Crippen LogP contribution in [-0.2, 0) is 0 Å². The minimum absolute atomic E-state index is 0.260. The van der Waals surface area contributed by atoms with E-state index in [0.29, 0.717) is 6.54 Å². The number of nitrogens with zero attached hydrogens (tertiary/aromatic N) is 1. The summed E-state index contributed by atoms with van der Waals surface area (Å²) in [6.07, 6.45) is 2.98. The van der Waals surface area contributed by atoms with Crippen molar-refractivity contribution in [3.05, 3.63) is 33.9 Å². The highest BCUT2D eigenvalue weighted by molar-refractivity contribution is 5.95. The summed E-state index contributed by atoms with van der Waals surface area (Å²) in [7, 11) is 0. The Balaban J connectivity index is 2.93. The molecular formula is C12H16N2O4. The zero-order valence-corrected chi connectivity index (χ0v) is 10.2. The fraction of sp³-hybridized carbons (Fsp3) is 0.417. The van der Waals surface area contributed by atoms with Crippen LogP contribution in [0.15, 0.2) is 18.2 Å². The van der Waals surface area contributed by atoms with E-state index in [1.165, 1.54) is 18.2 Å². The van der Waals surface area contributed by atoms with Crippen molar-refractivity contribution in [3.63, 3.8) is 0 Å². The Bertz CT molecular complexity index is 446. The van der Waals surface area contributed by atoms with Gasteiger partial charge in [0.05, 0.1) is 4.92 Å². The average molecular weight is 252 g/mol. The molecule has 0 fully saturated rings. The molecule has 0 aliphatic carbocycles. The first-order valence-corrected chi connectivity index (χ1v) is 5.82. The zero-order valence-electron chi connectivity index (χ0n) is 10.2. The van der Waals surface area contributed by atoms with E-state index in [0.717, 1.165) is 19.3 Å². The molecule has 0 unspecified atom stereocenters. The normalized spacial score (nSPS) is 10.1. The molecule has 98 valence electrons. The molecule has 0 heterocycles. The molecular weight excluding hydrogens is 236 g/mol. The van der Waals surface area contributed by atoms with Crippen molar-refractivity contribution in [3.8, 4) is 0 Å². The van der Waals surface area contributed by atoms with Gasteiger partial charge >= 0.3 is 11.7 Å². The van der Waals surface area contributed by atoms with Gasteiger partial charge in [-0.1, -0.05) is 25.8 Å². The lowest BCUT2D eigenvalue weighted by molar-refractivity contribution is -0.384. The Kier molecular flexibility index (Phi) is 5.10. The summed E-state index contributed by atoms with van der Waals surface area (Å²) in [5.74, 6) is -1.29. The highest BCUT2D eigenvalue weighted by Crippen LogP contribution is 2.28. The Morgan fingerprint density at radius 2 is 2.17 bits per heavy atom. The first kappa shape index (κ1) is 14.0. The molecule has 0 spiro atoms. The molecule has 6 heteroatoms. The number of nitrogens with one attached hydrogen (secondary N) is 1. The molecule has 0 aliphatic heterocycles. The summed E-state index contributed by atoms with van der Waals surface area (Å²) in [5, 5.41) is 22.8. The number of benzene rings is 1. The summed E-state index contributed by atoms with van der Waals surface area (Å²) < 4.78 is 0. The molecule has 0 aliphatic rings. The number of aromatic carboxylic acids is 1. The Morgan fingerprint density at radius 1 is 1.44 bits per heavy atom. The lowest BCUT2D eigenvalue weighted by atomic mass is 10.1. The summed E-state index contributed by atoms with van der Waals surface area (Å²) >= 11 is 0. The molecule has 2 N–H and O–H groups in total. The standard InChI is InChI=1S/C12H16N2O4/c1-2-3-4-8-13-10-7-5-6-9(12(15)16)11(10)14(17)18/h5-7,13H,2-4,8H2,1H3,(H,15,16). The minimum atomic E-state index is -1.29. The number of carboxylic acids is 1. The third-order valence-corrected chi connectivity index (χ3v) is 2.54. The Labute approximate surface area is 105 Å².